The Balaban J connectivity index is 2.14. The zero-order valence-corrected chi connectivity index (χ0v) is 13.2. The van der Waals surface area contributed by atoms with Gasteiger partial charge < -0.3 is 14.2 Å². The minimum absolute atomic E-state index is 0.0622. The lowest BCUT2D eigenvalue weighted by atomic mass is 10.1. The van der Waals surface area contributed by atoms with Gasteiger partial charge in [-0.15, -0.1) is 0 Å². The first-order valence-electron chi connectivity index (χ1n) is 7.54. The second-order valence-electron chi connectivity index (χ2n) is 5.56. The van der Waals surface area contributed by atoms with Crippen LogP contribution in [0.2, 0.25) is 0 Å². The summed E-state index contributed by atoms with van der Waals surface area (Å²) in [4.78, 5) is 0. The van der Waals surface area contributed by atoms with Crippen LogP contribution in [0.3, 0.4) is 0 Å². The van der Waals surface area contributed by atoms with E-state index in [2.05, 4.69) is 4.74 Å². The highest BCUT2D eigenvalue weighted by molar-refractivity contribution is 5.32. The standard InChI is InChI=1S/C16H16F6O3/c1-2-3-9-7-23-15(24-8-9)10-4-11(17)14(12(18)5-10)25-16(21,22)6-13(19)20/h4-6,9,15H,2-3,7-8H2,1H3. The molecule has 1 aromatic rings. The zero-order chi connectivity index (χ0) is 18.6. The molecule has 1 aliphatic rings. The van der Waals surface area contributed by atoms with Crippen molar-refractivity contribution in [2.45, 2.75) is 32.2 Å². The van der Waals surface area contributed by atoms with Crippen LogP contribution in [0.1, 0.15) is 31.6 Å². The molecule has 0 aromatic heterocycles. The fourth-order valence-corrected chi connectivity index (χ4v) is 2.42. The lowest BCUT2D eigenvalue weighted by Gasteiger charge is -2.29. The Kier molecular flexibility index (Phi) is 6.34. The van der Waals surface area contributed by atoms with Crippen LogP contribution in [0.25, 0.3) is 0 Å². The molecule has 1 aromatic carbocycles. The predicted molar refractivity (Wildman–Crippen MR) is 75.3 cm³/mol. The molecule has 0 aliphatic carbocycles. The number of hydrogen-bond donors (Lipinski definition) is 0. The van der Waals surface area contributed by atoms with E-state index in [-0.39, 0.29) is 11.5 Å². The molecule has 0 radical (unpaired) electrons. The molecule has 140 valence electrons. The molecule has 3 nitrogen and oxygen atoms in total. The number of rotatable bonds is 6. The van der Waals surface area contributed by atoms with Crippen molar-refractivity contribution in [3.63, 3.8) is 0 Å². The Bertz CT molecular complexity index is 599. The lowest BCUT2D eigenvalue weighted by Crippen LogP contribution is -2.27. The molecule has 0 amide bonds. The van der Waals surface area contributed by atoms with Crippen molar-refractivity contribution in [2.75, 3.05) is 13.2 Å². The summed E-state index contributed by atoms with van der Waals surface area (Å²) in [5.74, 6) is -4.26. The summed E-state index contributed by atoms with van der Waals surface area (Å²) in [5, 5.41) is 0. The molecule has 25 heavy (non-hydrogen) atoms. The fraction of sp³-hybridized carbons (Fsp3) is 0.500. The number of hydrogen-bond acceptors (Lipinski definition) is 3. The van der Waals surface area contributed by atoms with Crippen LogP contribution in [-0.4, -0.2) is 19.3 Å². The summed E-state index contributed by atoms with van der Waals surface area (Å²) in [7, 11) is 0. The van der Waals surface area contributed by atoms with Crippen molar-refractivity contribution < 1.29 is 40.6 Å². The molecular formula is C16H16F6O3. The van der Waals surface area contributed by atoms with E-state index >= 15 is 0 Å². The monoisotopic (exact) mass is 370 g/mol. The molecule has 0 saturated carbocycles. The third-order valence-electron chi connectivity index (χ3n) is 3.47. The van der Waals surface area contributed by atoms with Gasteiger partial charge in [-0.05, 0) is 18.6 Å². The van der Waals surface area contributed by atoms with E-state index in [4.69, 9.17) is 9.47 Å². The van der Waals surface area contributed by atoms with Crippen molar-refractivity contribution in [2.24, 2.45) is 5.92 Å². The minimum atomic E-state index is -4.56. The van der Waals surface area contributed by atoms with Crippen molar-refractivity contribution in [3.05, 3.63) is 41.5 Å². The largest absolute Gasteiger partial charge is 0.425 e. The van der Waals surface area contributed by atoms with Gasteiger partial charge >= 0.3 is 6.11 Å². The van der Waals surface area contributed by atoms with Crippen molar-refractivity contribution in [1.29, 1.82) is 0 Å². The first-order valence-corrected chi connectivity index (χ1v) is 7.54. The van der Waals surface area contributed by atoms with Gasteiger partial charge in [0.1, 0.15) is 0 Å². The van der Waals surface area contributed by atoms with Crippen LogP contribution in [0.15, 0.2) is 24.3 Å². The molecule has 0 bridgehead atoms. The van der Waals surface area contributed by atoms with Gasteiger partial charge in [0, 0.05) is 11.5 Å². The highest BCUT2D eigenvalue weighted by atomic mass is 19.3. The van der Waals surface area contributed by atoms with Crippen molar-refractivity contribution in [1.82, 2.24) is 0 Å². The lowest BCUT2D eigenvalue weighted by molar-refractivity contribution is -0.206. The first kappa shape index (κ1) is 19.6. The zero-order valence-electron chi connectivity index (χ0n) is 13.2. The second kappa shape index (κ2) is 8.09. The van der Waals surface area contributed by atoms with Gasteiger partial charge in [0.15, 0.2) is 23.7 Å². The van der Waals surface area contributed by atoms with E-state index in [1.807, 2.05) is 6.92 Å². The Morgan fingerprint density at radius 3 is 2.24 bits per heavy atom. The Hall–Kier alpha value is -1.74. The molecule has 2 rings (SSSR count). The number of ether oxygens (including phenoxy) is 3. The van der Waals surface area contributed by atoms with E-state index in [0.29, 0.717) is 25.3 Å². The normalized spacial score (nSPS) is 21.1. The number of benzene rings is 1. The third-order valence-corrected chi connectivity index (χ3v) is 3.47. The van der Waals surface area contributed by atoms with E-state index in [1.165, 1.54) is 0 Å². The highest BCUT2D eigenvalue weighted by Crippen LogP contribution is 2.34. The average molecular weight is 370 g/mol. The maximum Gasteiger partial charge on any atom is 0.425 e. The Morgan fingerprint density at radius 2 is 1.76 bits per heavy atom. The molecule has 0 spiro atoms. The number of alkyl halides is 2. The summed E-state index contributed by atoms with van der Waals surface area (Å²) in [6.07, 6.45) is -7.40. The van der Waals surface area contributed by atoms with Crippen LogP contribution in [0.4, 0.5) is 26.3 Å². The minimum Gasteiger partial charge on any atom is -0.423 e. The SMILES string of the molecule is CCCC1COC(c2cc(F)c(OC(F)(F)C=C(F)F)c(F)c2)OC1. The van der Waals surface area contributed by atoms with Gasteiger partial charge in [0.05, 0.1) is 19.3 Å². The van der Waals surface area contributed by atoms with Crippen LogP contribution < -0.4 is 4.74 Å². The van der Waals surface area contributed by atoms with Crippen molar-refractivity contribution in [3.8, 4) is 5.75 Å². The van der Waals surface area contributed by atoms with Crippen LogP contribution in [0, 0.1) is 17.6 Å². The van der Waals surface area contributed by atoms with E-state index < -0.39 is 41.9 Å². The maximum absolute atomic E-state index is 13.9. The predicted octanol–water partition coefficient (Wildman–Crippen LogP) is 5.18. The molecule has 0 atom stereocenters. The quantitative estimate of drug-likeness (QED) is 0.646. The average Bonchev–Trinajstić information content (AvgIpc) is 2.50. The summed E-state index contributed by atoms with van der Waals surface area (Å²) >= 11 is 0. The fourth-order valence-electron chi connectivity index (χ4n) is 2.42. The summed E-state index contributed by atoms with van der Waals surface area (Å²) in [5.41, 5.74) is -0.0622. The summed E-state index contributed by atoms with van der Waals surface area (Å²) in [6.45, 7) is 2.66. The summed E-state index contributed by atoms with van der Waals surface area (Å²) < 4.78 is 92.4. The Morgan fingerprint density at radius 1 is 1.20 bits per heavy atom. The van der Waals surface area contributed by atoms with Crippen LogP contribution in [0.5, 0.6) is 5.75 Å². The highest BCUT2D eigenvalue weighted by Gasteiger charge is 2.34. The van der Waals surface area contributed by atoms with Crippen LogP contribution >= 0.6 is 0 Å². The molecule has 9 heteroatoms. The molecule has 1 aliphatic heterocycles. The van der Waals surface area contributed by atoms with Gasteiger partial charge in [-0.2, -0.15) is 17.6 Å². The molecule has 1 saturated heterocycles. The molecule has 0 unspecified atom stereocenters. The van der Waals surface area contributed by atoms with Gasteiger partial charge in [0.2, 0.25) is 0 Å². The topological polar surface area (TPSA) is 27.7 Å². The number of halogens is 6. The molecule has 1 heterocycles. The van der Waals surface area contributed by atoms with E-state index in [0.717, 1.165) is 12.8 Å². The van der Waals surface area contributed by atoms with Gasteiger partial charge in [0.25, 0.3) is 6.08 Å². The molecule has 1 fully saturated rings. The Labute approximate surface area is 140 Å². The first-order chi connectivity index (χ1) is 11.7. The molecule has 0 N–H and O–H groups in total. The third kappa shape index (κ3) is 5.37. The second-order valence-corrected chi connectivity index (χ2v) is 5.56. The maximum atomic E-state index is 13.9. The van der Waals surface area contributed by atoms with Gasteiger partial charge in [-0.3, -0.25) is 0 Å². The van der Waals surface area contributed by atoms with Crippen LogP contribution in [-0.2, 0) is 9.47 Å². The molecular weight excluding hydrogens is 354 g/mol. The van der Waals surface area contributed by atoms with Gasteiger partial charge in [-0.25, -0.2) is 8.78 Å². The smallest absolute Gasteiger partial charge is 0.423 e. The van der Waals surface area contributed by atoms with Gasteiger partial charge in [-0.1, -0.05) is 13.3 Å². The van der Waals surface area contributed by atoms with Crippen molar-refractivity contribution >= 4 is 0 Å². The van der Waals surface area contributed by atoms with E-state index in [9.17, 15) is 26.3 Å². The van der Waals surface area contributed by atoms with E-state index in [1.54, 1.807) is 0 Å². The summed E-state index contributed by atoms with van der Waals surface area (Å²) in [6, 6.07) is 1.41.